The number of Topliss-reactive ketones (excluding diaryl/α,β-unsaturated/α-hetero) is 1. The molecule has 0 aliphatic carbocycles. The molecule has 0 saturated heterocycles. The second-order valence-electron chi connectivity index (χ2n) is 6.75. The first kappa shape index (κ1) is 17.7. The van der Waals surface area contributed by atoms with Crippen LogP contribution in [0.1, 0.15) is 43.6 Å². The fraction of sp³-hybridized carbons (Fsp3) is 0.300. The van der Waals surface area contributed by atoms with E-state index in [1.165, 1.54) is 6.92 Å². The van der Waals surface area contributed by atoms with Crippen LogP contribution in [0.5, 0.6) is 5.75 Å². The molecule has 1 amide bonds. The lowest BCUT2D eigenvalue weighted by Gasteiger charge is -2.19. The van der Waals surface area contributed by atoms with Gasteiger partial charge in [0.05, 0.1) is 0 Å². The van der Waals surface area contributed by atoms with E-state index in [1.54, 1.807) is 24.3 Å². The molecule has 0 atom stereocenters. The van der Waals surface area contributed by atoms with E-state index < -0.39 is 0 Å². The summed E-state index contributed by atoms with van der Waals surface area (Å²) < 4.78 is 5.57. The fourth-order valence-electron chi connectivity index (χ4n) is 2.21. The van der Waals surface area contributed by atoms with Crippen LogP contribution in [0.15, 0.2) is 48.5 Å². The molecule has 0 bridgehead atoms. The van der Waals surface area contributed by atoms with Crippen molar-refractivity contribution in [1.29, 1.82) is 0 Å². The molecule has 2 aromatic rings. The molecule has 126 valence electrons. The van der Waals surface area contributed by atoms with E-state index in [1.807, 2.05) is 24.3 Å². The highest BCUT2D eigenvalue weighted by atomic mass is 16.5. The van der Waals surface area contributed by atoms with Gasteiger partial charge < -0.3 is 10.1 Å². The summed E-state index contributed by atoms with van der Waals surface area (Å²) in [5.41, 5.74) is 2.32. The Labute approximate surface area is 142 Å². The molecule has 2 aromatic carbocycles. The molecule has 4 nitrogen and oxygen atoms in total. The van der Waals surface area contributed by atoms with Crippen LogP contribution in [0, 0.1) is 0 Å². The quantitative estimate of drug-likeness (QED) is 0.838. The van der Waals surface area contributed by atoms with Crippen molar-refractivity contribution in [3.63, 3.8) is 0 Å². The van der Waals surface area contributed by atoms with Crippen LogP contribution in [-0.2, 0) is 10.2 Å². The number of rotatable bonds is 5. The standard InChI is InChI=1S/C20H23NO3/c1-14(22)15-7-5-9-17(11-15)21-19(23)13-24-18-10-6-8-16(12-18)20(2,3)4/h5-12H,13H2,1-4H3,(H,21,23). The Morgan fingerprint density at radius 3 is 2.42 bits per heavy atom. The molecule has 0 saturated carbocycles. The average molecular weight is 325 g/mol. The van der Waals surface area contributed by atoms with E-state index in [0.29, 0.717) is 17.0 Å². The largest absolute Gasteiger partial charge is 0.484 e. The van der Waals surface area contributed by atoms with Crippen LogP contribution >= 0.6 is 0 Å². The lowest BCUT2D eigenvalue weighted by atomic mass is 9.87. The van der Waals surface area contributed by atoms with Gasteiger partial charge >= 0.3 is 0 Å². The lowest BCUT2D eigenvalue weighted by Crippen LogP contribution is -2.20. The van der Waals surface area contributed by atoms with Crippen LogP contribution in [0.4, 0.5) is 5.69 Å². The maximum atomic E-state index is 12.0. The van der Waals surface area contributed by atoms with Gasteiger partial charge in [-0.3, -0.25) is 9.59 Å². The third kappa shape index (κ3) is 4.95. The molecule has 2 rings (SSSR count). The van der Waals surface area contributed by atoms with Crippen molar-refractivity contribution in [2.45, 2.75) is 33.1 Å². The Morgan fingerprint density at radius 1 is 1.04 bits per heavy atom. The first-order valence-electron chi connectivity index (χ1n) is 7.90. The molecular formula is C20H23NO3. The Hall–Kier alpha value is -2.62. The number of hydrogen-bond donors (Lipinski definition) is 1. The summed E-state index contributed by atoms with van der Waals surface area (Å²) >= 11 is 0. The number of hydrogen-bond acceptors (Lipinski definition) is 3. The van der Waals surface area contributed by atoms with Gasteiger partial charge in [-0.1, -0.05) is 45.0 Å². The number of anilines is 1. The zero-order chi connectivity index (χ0) is 17.7. The van der Waals surface area contributed by atoms with Gasteiger partial charge in [0.25, 0.3) is 5.91 Å². The van der Waals surface area contributed by atoms with E-state index in [4.69, 9.17) is 4.74 Å². The highest BCUT2D eigenvalue weighted by molar-refractivity contribution is 5.97. The molecular weight excluding hydrogens is 302 g/mol. The molecule has 0 unspecified atom stereocenters. The van der Waals surface area contributed by atoms with Gasteiger partial charge in [0, 0.05) is 11.3 Å². The van der Waals surface area contributed by atoms with E-state index in [9.17, 15) is 9.59 Å². The first-order chi connectivity index (χ1) is 11.3. The summed E-state index contributed by atoms with van der Waals surface area (Å²) in [5.74, 6) is 0.355. The van der Waals surface area contributed by atoms with E-state index in [-0.39, 0.29) is 23.7 Å². The van der Waals surface area contributed by atoms with E-state index in [0.717, 1.165) is 5.56 Å². The topological polar surface area (TPSA) is 55.4 Å². The third-order valence-corrected chi connectivity index (χ3v) is 3.62. The molecule has 0 aromatic heterocycles. The van der Waals surface area contributed by atoms with Crippen molar-refractivity contribution in [2.75, 3.05) is 11.9 Å². The molecule has 1 N–H and O–H groups in total. The van der Waals surface area contributed by atoms with Gasteiger partial charge in [0.15, 0.2) is 12.4 Å². The van der Waals surface area contributed by atoms with Crippen LogP contribution in [0.2, 0.25) is 0 Å². The number of carbonyl (C=O) groups is 2. The number of carbonyl (C=O) groups excluding carboxylic acids is 2. The van der Waals surface area contributed by atoms with Crippen LogP contribution in [0.25, 0.3) is 0 Å². The van der Waals surface area contributed by atoms with Gasteiger partial charge in [-0.25, -0.2) is 0 Å². The van der Waals surface area contributed by atoms with Gasteiger partial charge in [-0.15, -0.1) is 0 Å². The molecule has 4 heteroatoms. The first-order valence-corrected chi connectivity index (χ1v) is 7.90. The monoisotopic (exact) mass is 325 g/mol. The summed E-state index contributed by atoms with van der Waals surface area (Å²) in [4.78, 5) is 23.4. The summed E-state index contributed by atoms with van der Waals surface area (Å²) in [6.07, 6.45) is 0. The number of ketones is 1. The maximum Gasteiger partial charge on any atom is 0.262 e. The number of benzene rings is 2. The second kappa shape index (κ2) is 7.30. The second-order valence-corrected chi connectivity index (χ2v) is 6.75. The van der Waals surface area contributed by atoms with Crippen LogP contribution in [-0.4, -0.2) is 18.3 Å². The summed E-state index contributed by atoms with van der Waals surface area (Å²) in [6.45, 7) is 7.78. The molecule has 24 heavy (non-hydrogen) atoms. The molecule has 0 spiro atoms. The smallest absolute Gasteiger partial charge is 0.262 e. The third-order valence-electron chi connectivity index (χ3n) is 3.62. The average Bonchev–Trinajstić information content (AvgIpc) is 2.52. The highest BCUT2D eigenvalue weighted by Crippen LogP contribution is 2.25. The molecule has 0 fully saturated rings. The van der Waals surface area contributed by atoms with Crippen LogP contribution < -0.4 is 10.1 Å². The minimum absolute atomic E-state index is 0.0226. The highest BCUT2D eigenvalue weighted by Gasteiger charge is 2.14. The Bertz CT molecular complexity index is 745. The summed E-state index contributed by atoms with van der Waals surface area (Å²) in [7, 11) is 0. The van der Waals surface area contributed by atoms with Gasteiger partial charge in [-0.2, -0.15) is 0 Å². The molecule has 0 heterocycles. The molecule has 0 radical (unpaired) electrons. The Morgan fingerprint density at radius 2 is 1.75 bits per heavy atom. The van der Waals surface area contributed by atoms with Gasteiger partial charge in [-0.05, 0) is 42.2 Å². The zero-order valence-corrected chi connectivity index (χ0v) is 14.6. The summed E-state index contributed by atoms with van der Waals surface area (Å²) in [6, 6.07) is 14.6. The molecule has 0 aliphatic heterocycles. The van der Waals surface area contributed by atoms with Crippen molar-refractivity contribution >= 4 is 17.4 Å². The van der Waals surface area contributed by atoms with Gasteiger partial charge in [0.2, 0.25) is 0 Å². The van der Waals surface area contributed by atoms with Crippen molar-refractivity contribution < 1.29 is 14.3 Å². The minimum atomic E-state index is -0.267. The maximum absolute atomic E-state index is 12.0. The van der Waals surface area contributed by atoms with Crippen molar-refractivity contribution in [1.82, 2.24) is 0 Å². The normalized spacial score (nSPS) is 11.0. The van der Waals surface area contributed by atoms with E-state index in [2.05, 4.69) is 26.1 Å². The predicted octanol–water partition coefficient (Wildman–Crippen LogP) is 4.20. The van der Waals surface area contributed by atoms with Crippen LogP contribution in [0.3, 0.4) is 0 Å². The van der Waals surface area contributed by atoms with E-state index >= 15 is 0 Å². The number of amides is 1. The predicted molar refractivity (Wildman–Crippen MR) is 95.7 cm³/mol. The Balaban J connectivity index is 1.96. The zero-order valence-electron chi connectivity index (χ0n) is 14.6. The number of ether oxygens (including phenoxy) is 1. The van der Waals surface area contributed by atoms with Crippen molar-refractivity contribution in [2.24, 2.45) is 0 Å². The minimum Gasteiger partial charge on any atom is -0.484 e. The Kier molecular flexibility index (Phi) is 5.39. The van der Waals surface area contributed by atoms with Gasteiger partial charge in [0.1, 0.15) is 5.75 Å². The SMILES string of the molecule is CC(=O)c1cccc(NC(=O)COc2cccc(C(C)(C)C)c2)c1. The number of nitrogens with one attached hydrogen (secondary N) is 1. The lowest BCUT2D eigenvalue weighted by molar-refractivity contribution is -0.118. The molecule has 0 aliphatic rings. The fourth-order valence-corrected chi connectivity index (χ4v) is 2.21. The summed E-state index contributed by atoms with van der Waals surface area (Å²) in [5, 5.41) is 2.74. The van der Waals surface area contributed by atoms with Crippen molar-refractivity contribution in [3.05, 3.63) is 59.7 Å². The van der Waals surface area contributed by atoms with Crippen molar-refractivity contribution in [3.8, 4) is 5.75 Å².